The zero-order valence-corrected chi connectivity index (χ0v) is 19.7. The van der Waals surface area contributed by atoms with Crippen molar-refractivity contribution in [3.8, 4) is 0 Å². The van der Waals surface area contributed by atoms with E-state index in [1.807, 2.05) is 43.3 Å². The molecule has 0 amide bonds. The lowest BCUT2D eigenvalue weighted by Gasteiger charge is -2.19. The molecule has 0 bridgehead atoms. The number of hydrogen-bond acceptors (Lipinski definition) is 5. The van der Waals surface area contributed by atoms with Gasteiger partial charge in [0, 0.05) is 29.7 Å². The van der Waals surface area contributed by atoms with E-state index in [0.717, 1.165) is 46.3 Å². The van der Waals surface area contributed by atoms with Crippen molar-refractivity contribution in [3.63, 3.8) is 0 Å². The van der Waals surface area contributed by atoms with Crippen molar-refractivity contribution < 1.29 is 0 Å². The zero-order valence-electron chi connectivity index (χ0n) is 19.7. The van der Waals surface area contributed by atoms with E-state index in [1.54, 1.807) is 7.05 Å². The molecular formula is C27H33N5. The van der Waals surface area contributed by atoms with Crippen LogP contribution in [-0.4, -0.2) is 25.1 Å². The Balaban J connectivity index is 1.58. The number of nitrogens with one attached hydrogen (secondary N) is 3. The van der Waals surface area contributed by atoms with Crippen LogP contribution in [0.2, 0.25) is 0 Å². The smallest absolute Gasteiger partial charge is 0.126 e. The summed E-state index contributed by atoms with van der Waals surface area (Å²) in [5, 5.41) is 9.91. The predicted octanol–water partition coefficient (Wildman–Crippen LogP) is 5.98. The molecule has 0 atom stereocenters. The Kier molecular flexibility index (Phi) is 6.98. The zero-order chi connectivity index (χ0) is 23.3. The van der Waals surface area contributed by atoms with Crippen LogP contribution >= 0.6 is 0 Å². The summed E-state index contributed by atoms with van der Waals surface area (Å²) in [4.78, 5) is 8.99. The third-order valence-electron chi connectivity index (χ3n) is 5.38. The number of benzene rings is 1. The number of nitrogens with zero attached hydrogens (tertiary/aromatic N) is 2. The summed E-state index contributed by atoms with van der Waals surface area (Å²) >= 11 is 0. The van der Waals surface area contributed by atoms with Gasteiger partial charge in [-0.1, -0.05) is 58.2 Å². The van der Waals surface area contributed by atoms with Gasteiger partial charge in [0.15, 0.2) is 0 Å². The Morgan fingerprint density at radius 1 is 1.06 bits per heavy atom. The highest BCUT2D eigenvalue weighted by atomic mass is 15.1. The molecule has 0 radical (unpaired) electrons. The molecular weight excluding hydrogens is 394 g/mol. The second-order valence-corrected chi connectivity index (χ2v) is 8.79. The fraction of sp³-hybridized carbons (Fsp3) is 0.259. The monoisotopic (exact) mass is 427 g/mol. The van der Waals surface area contributed by atoms with Crippen LogP contribution in [-0.2, 0) is 0 Å². The maximum absolute atomic E-state index is 4.55. The van der Waals surface area contributed by atoms with Crippen LogP contribution in [0.25, 0.3) is 0 Å². The van der Waals surface area contributed by atoms with Gasteiger partial charge in [-0.2, -0.15) is 0 Å². The SMILES string of the molecule is C=C(NC1=NCC(C(C)(C)C)=C1)Nc1ccc(NC(=C)C2=CC=C/C(=C/C)C2=NC)cc1. The van der Waals surface area contributed by atoms with E-state index in [4.69, 9.17) is 0 Å². The second-order valence-electron chi connectivity index (χ2n) is 8.79. The fourth-order valence-corrected chi connectivity index (χ4v) is 3.48. The topological polar surface area (TPSA) is 60.8 Å². The molecule has 1 heterocycles. The van der Waals surface area contributed by atoms with Gasteiger partial charge in [-0.3, -0.25) is 9.98 Å². The molecule has 0 saturated carbocycles. The van der Waals surface area contributed by atoms with Gasteiger partial charge in [0.05, 0.1) is 12.3 Å². The molecule has 2 aliphatic rings. The summed E-state index contributed by atoms with van der Waals surface area (Å²) in [6.07, 6.45) is 10.3. The summed E-state index contributed by atoms with van der Waals surface area (Å²) in [5.41, 5.74) is 7.14. The highest BCUT2D eigenvalue weighted by Gasteiger charge is 2.21. The highest BCUT2D eigenvalue weighted by Crippen LogP contribution is 2.28. The summed E-state index contributed by atoms with van der Waals surface area (Å²) in [7, 11) is 1.80. The van der Waals surface area contributed by atoms with Crippen molar-refractivity contribution in [2.24, 2.45) is 15.4 Å². The third-order valence-corrected chi connectivity index (χ3v) is 5.38. The Morgan fingerprint density at radius 3 is 2.28 bits per heavy atom. The van der Waals surface area contributed by atoms with E-state index in [9.17, 15) is 0 Å². The van der Waals surface area contributed by atoms with Gasteiger partial charge in [0.25, 0.3) is 0 Å². The molecule has 1 aliphatic heterocycles. The standard InChI is InChI=1S/C27H33N5/c1-8-20-10-9-11-24(26(20)28-7)18(2)30-22-12-14-23(15-13-22)31-19(3)32-25-16-21(17-29-25)27(4,5)6/h8-16,30-31H,2-3,17H2,1,4-7H3,(H,29,32)/b20-8-,28-26?. The van der Waals surface area contributed by atoms with E-state index in [0.29, 0.717) is 5.82 Å². The first-order valence-corrected chi connectivity index (χ1v) is 10.8. The number of rotatable bonds is 6. The summed E-state index contributed by atoms with van der Waals surface area (Å²) in [6.45, 7) is 17.6. The van der Waals surface area contributed by atoms with E-state index < -0.39 is 0 Å². The van der Waals surface area contributed by atoms with Crippen LogP contribution in [0.15, 0.2) is 106 Å². The van der Waals surface area contributed by atoms with Gasteiger partial charge in [0.2, 0.25) is 0 Å². The van der Waals surface area contributed by atoms with Gasteiger partial charge < -0.3 is 16.0 Å². The lowest BCUT2D eigenvalue weighted by atomic mass is 9.87. The predicted molar refractivity (Wildman–Crippen MR) is 139 cm³/mol. The van der Waals surface area contributed by atoms with E-state index in [2.05, 4.69) is 78.1 Å². The molecule has 5 nitrogen and oxygen atoms in total. The van der Waals surface area contributed by atoms with Gasteiger partial charge in [-0.25, -0.2) is 0 Å². The fourth-order valence-electron chi connectivity index (χ4n) is 3.48. The number of amidine groups is 1. The third kappa shape index (κ3) is 5.55. The Morgan fingerprint density at radius 2 is 1.72 bits per heavy atom. The largest absolute Gasteiger partial charge is 0.355 e. The van der Waals surface area contributed by atoms with Crippen LogP contribution in [0.3, 0.4) is 0 Å². The van der Waals surface area contributed by atoms with Crippen molar-refractivity contribution >= 4 is 22.9 Å². The van der Waals surface area contributed by atoms with Crippen molar-refractivity contribution in [1.82, 2.24) is 5.32 Å². The first-order valence-electron chi connectivity index (χ1n) is 10.8. The first-order chi connectivity index (χ1) is 15.2. The van der Waals surface area contributed by atoms with Crippen LogP contribution < -0.4 is 16.0 Å². The van der Waals surface area contributed by atoms with Crippen LogP contribution in [0, 0.1) is 5.41 Å². The minimum atomic E-state index is 0.122. The average molecular weight is 428 g/mol. The average Bonchev–Trinajstić information content (AvgIpc) is 3.23. The Bertz CT molecular complexity index is 1080. The first kappa shape index (κ1) is 23.1. The van der Waals surface area contributed by atoms with E-state index in [-0.39, 0.29) is 5.41 Å². The van der Waals surface area contributed by atoms with Crippen molar-refractivity contribution in [2.45, 2.75) is 27.7 Å². The van der Waals surface area contributed by atoms with Crippen LogP contribution in [0.5, 0.6) is 0 Å². The number of aliphatic imine (C=N–C) groups is 2. The molecule has 1 aliphatic carbocycles. The highest BCUT2D eigenvalue weighted by molar-refractivity contribution is 6.18. The lowest BCUT2D eigenvalue weighted by molar-refractivity contribution is 0.499. The number of allylic oxidation sites excluding steroid dienone is 6. The minimum absolute atomic E-state index is 0.122. The van der Waals surface area contributed by atoms with Crippen LogP contribution in [0.4, 0.5) is 11.4 Å². The maximum atomic E-state index is 4.55. The molecule has 3 rings (SSSR count). The molecule has 5 heteroatoms. The molecule has 0 saturated heterocycles. The van der Waals surface area contributed by atoms with Crippen LogP contribution in [0.1, 0.15) is 27.7 Å². The Labute approximate surface area is 191 Å². The maximum Gasteiger partial charge on any atom is 0.126 e. The van der Waals surface area contributed by atoms with Gasteiger partial charge in [-0.05, 0) is 53.8 Å². The minimum Gasteiger partial charge on any atom is -0.355 e. The summed E-state index contributed by atoms with van der Waals surface area (Å²) in [5.74, 6) is 1.52. The quantitative estimate of drug-likeness (QED) is 0.523. The molecule has 1 aromatic carbocycles. The molecule has 32 heavy (non-hydrogen) atoms. The van der Waals surface area contributed by atoms with E-state index in [1.165, 1.54) is 5.57 Å². The van der Waals surface area contributed by atoms with Gasteiger partial charge in [0.1, 0.15) is 11.7 Å². The molecule has 1 aromatic rings. The van der Waals surface area contributed by atoms with Gasteiger partial charge >= 0.3 is 0 Å². The van der Waals surface area contributed by atoms with Crippen molar-refractivity contribution in [3.05, 3.63) is 96.0 Å². The van der Waals surface area contributed by atoms with Crippen molar-refractivity contribution in [2.75, 3.05) is 24.2 Å². The van der Waals surface area contributed by atoms with Crippen molar-refractivity contribution in [1.29, 1.82) is 0 Å². The van der Waals surface area contributed by atoms with Gasteiger partial charge in [-0.15, -0.1) is 0 Å². The second kappa shape index (κ2) is 9.69. The molecule has 0 fully saturated rings. The number of hydrogen-bond donors (Lipinski definition) is 3. The summed E-state index contributed by atoms with van der Waals surface area (Å²) < 4.78 is 0. The molecule has 3 N–H and O–H groups in total. The Hall–Kier alpha value is -3.60. The number of anilines is 2. The molecule has 0 spiro atoms. The molecule has 0 unspecified atom stereocenters. The molecule has 166 valence electrons. The normalized spacial score (nSPS) is 18.2. The molecule has 0 aromatic heterocycles. The van der Waals surface area contributed by atoms with E-state index >= 15 is 0 Å². The summed E-state index contributed by atoms with van der Waals surface area (Å²) in [6, 6.07) is 8.00. The lowest BCUT2D eigenvalue weighted by Crippen LogP contribution is -2.24.